The van der Waals surface area contributed by atoms with Crippen LogP contribution in [0.25, 0.3) is 0 Å². The lowest BCUT2D eigenvalue weighted by Crippen LogP contribution is -2.46. The second-order valence-corrected chi connectivity index (χ2v) is 6.16. The molecule has 1 aromatic carbocycles. The maximum absolute atomic E-state index is 13.1. The van der Waals surface area contributed by atoms with E-state index in [1.165, 1.54) is 12.1 Å². The fourth-order valence-electron chi connectivity index (χ4n) is 2.05. The van der Waals surface area contributed by atoms with E-state index in [0.29, 0.717) is 18.5 Å². The Kier molecular flexibility index (Phi) is 10.4. The van der Waals surface area contributed by atoms with Crippen molar-refractivity contribution in [3.63, 3.8) is 0 Å². The molecule has 0 aromatic heterocycles. The lowest BCUT2D eigenvalue weighted by molar-refractivity contribution is 0.297. The fraction of sp³-hybridized carbons (Fsp3) is 0.588. The van der Waals surface area contributed by atoms with Crippen LogP contribution in [0.3, 0.4) is 0 Å². The maximum Gasteiger partial charge on any atom is 0.191 e. The van der Waals surface area contributed by atoms with Gasteiger partial charge in [-0.05, 0) is 44.6 Å². The standard InChI is InChI=1S/C17H29FN4.HI/c1-12(2)13(3)21-17(19-4)20-11-16(22(5)6)14-7-9-15(18)10-8-14;/h7-10,12-13,16H,11H2,1-6H3,(H2,19,20,21);1H. The zero-order chi connectivity index (χ0) is 16.7. The summed E-state index contributed by atoms with van der Waals surface area (Å²) in [5.74, 6) is 1.10. The Hall–Kier alpha value is -0.890. The zero-order valence-corrected chi connectivity index (χ0v) is 17.3. The lowest BCUT2D eigenvalue weighted by atomic mass is 10.1. The molecule has 0 bridgehead atoms. The van der Waals surface area contributed by atoms with E-state index in [1.54, 1.807) is 7.05 Å². The molecule has 0 amide bonds. The second-order valence-electron chi connectivity index (χ2n) is 6.16. The molecule has 2 atom stereocenters. The van der Waals surface area contributed by atoms with Crippen molar-refractivity contribution in [3.8, 4) is 0 Å². The third-order valence-electron chi connectivity index (χ3n) is 3.93. The zero-order valence-electron chi connectivity index (χ0n) is 14.9. The number of rotatable bonds is 6. The van der Waals surface area contributed by atoms with Crippen LogP contribution in [0.15, 0.2) is 29.3 Å². The first-order chi connectivity index (χ1) is 10.3. The molecule has 0 aliphatic carbocycles. The largest absolute Gasteiger partial charge is 0.354 e. The Bertz CT molecular complexity index is 474. The van der Waals surface area contributed by atoms with Gasteiger partial charge in [0, 0.05) is 19.6 Å². The minimum absolute atomic E-state index is 0. The van der Waals surface area contributed by atoms with E-state index in [4.69, 9.17) is 0 Å². The van der Waals surface area contributed by atoms with E-state index < -0.39 is 0 Å². The van der Waals surface area contributed by atoms with Gasteiger partial charge in [0.2, 0.25) is 0 Å². The maximum atomic E-state index is 13.1. The van der Waals surface area contributed by atoms with Gasteiger partial charge in [-0.15, -0.1) is 24.0 Å². The molecule has 4 nitrogen and oxygen atoms in total. The van der Waals surface area contributed by atoms with Crippen LogP contribution >= 0.6 is 24.0 Å². The molecule has 23 heavy (non-hydrogen) atoms. The monoisotopic (exact) mass is 436 g/mol. The number of aliphatic imine (C=N–C) groups is 1. The lowest BCUT2D eigenvalue weighted by Gasteiger charge is -2.27. The Labute approximate surface area is 157 Å². The smallest absolute Gasteiger partial charge is 0.191 e. The van der Waals surface area contributed by atoms with Gasteiger partial charge in [-0.25, -0.2) is 4.39 Å². The van der Waals surface area contributed by atoms with E-state index in [-0.39, 0.29) is 35.8 Å². The molecule has 1 aromatic rings. The van der Waals surface area contributed by atoms with Crippen LogP contribution in [0.4, 0.5) is 4.39 Å². The summed E-state index contributed by atoms with van der Waals surface area (Å²) >= 11 is 0. The van der Waals surface area contributed by atoms with Gasteiger partial charge < -0.3 is 15.5 Å². The third-order valence-corrected chi connectivity index (χ3v) is 3.93. The first-order valence-corrected chi connectivity index (χ1v) is 7.74. The van der Waals surface area contributed by atoms with Gasteiger partial charge in [0.25, 0.3) is 0 Å². The highest BCUT2D eigenvalue weighted by Crippen LogP contribution is 2.17. The Morgan fingerprint density at radius 2 is 1.74 bits per heavy atom. The van der Waals surface area contributed by atoms with Crippen LogP contribution in [0, 0.1) is 11.7 Å². The average molecular weight is 436 g/mol. The summed E-state index contributed by atoms with van der Waals surface area (Å²) < 4.78 is 13.1. The molecule has 0 radical (unpaired) electrons. The number of guanidine groups is 1. The Morgan fingerprint density at radius 3 is 2.17 bits per heavy atom. The normalized spacial score (nSPS) is 14.4. The number of benzene rings is 1. The number of halogens is 2. The summed E-state index contributed by atoms with van der Waals surface area (Å²) in [5, 5.41) is 6.73. The summed E-state index contributed by atoms with van der Waals surface area (Å²) in [7, 11) is 5.80. The highest BCUT2D eigenvalue weighted by atomic mass is 127. The van der Waals surface area contributed by atoms with Crippen molar-refractivity contribution in [3.05, 3.63) is 35.6 Å². The topological polar surface area (TPSA) is 39.7 Å². The van der Waals surface area contributed by atoms with Crippen molar-refractivity contribution < 1.29 is 4.39 Å². The first-order valence-electron chi connectivity index (χ1n) is 7.74. The van der Waals surface area contributed by atoms with Crippen LogP contribution < -0.4 is 10.6 Å². The third kappa shape index (κ3) is 7.48. The minimum atomic E-state index is -0.211. The molecule has 0 aliphatic rings. The van der Waals surface area contributed by atoms with Crippen LogP contribution in [0.1, 0.15) is 32.4 Å². The molecule has 0 spiro atoms. The summed E-state index contributed by atoms with van der Waals surface area (Å²) in [6, 6.07) is 7.14. The van der Waals surface area contributed by atoms with Crippen molar-refractivity contribution >= 4 is 29.9 Å². The highest BCUT2D eigenvalue weighted by Gasteiger charge is 2.16. The Balaban J connectivity index is 0.00000484. The SMILES string of the molecule is CN=C(NCC(c1ccc(F)cc1)N(C)C)NC(C)C(C)C.I. The molecule has 6 heteroatoms. The number of hydrogen-bond acceptors (Lipinski definition) is 2. The molecule has 1 rings (SSSR count). The van der Waals surface area contributed by atoms with Crippen molar-refractivity contribution in [1.29, 1.82) is 0 Å². The molecule has 2 N–H and O–H groups in total. The molecule has 2 unspecified atom stereocenters. The van der Waals surface area contributed by atoms with Gasteiger partial charge in [0.15, 0.2) is 5.96 Å². The molecule has 0 fully saturated rings. The van der Waals surface area contributed by atoms with E-state index in [1.807, 2.05) is 26.2 Å². The number of nitrogens with one attached hydrogen (secondary N) is 2. The first kappa shape index (κ1) is 22.1. The minimum Gasteiger partial charge on any atom is -0.354 e. The fourth-order valence-corrected chi connectivity index (χ4v) is 2.05. The van der Waals surface area contributed by atoms with E-state index in [9.17, 15) is 4.39 Å². The molecule has 0 aliphatic heterocycles. The summed E-state index contributed by atoms with van der Waals surface area (Å²) in [4.78, 5) is 6.38. The van der Waals surface area contributed by atoms with Crippen LogP contribution in [-0.4, -0.2) is 44.6 Å². The van der Waals surface area contributed by atoms with Crippen molar-refractivity contribution in [1.82, 2.24) is 15.5 Å². The van der Waals surface area contributed by atoms with Gasteiger partial charge in [0.1, 0.15) is 5.82 Å². The van der Waals surface area contributed by atoms with E-state index >= 15 is 0 Å². The number of likely N-dealkylation sites (N-methyl/N-ethyl adjacent to an activating group) is 1. The number of nitrogens with zero attached hydrogens (tertiary/aromatic N) is 2. The van der Waals surface area contributed by atoms with Crippen molar-refractivity contribution in [2.75, 3.05) is 27.7 Å². The van der Waals surface area contributed by atoms with Gasteiger partial charge >= 0.3 is 0 Å². The summed E-state index contributed by atoms with van der Waals surface area (Å²) in [5.41, 5.74) is 1.08. The van der Waals surface area contributed by atoms with Gasteiger partial charge in [0.05, 0.1) is 6.04 Å². The van der Waals surface area contributed by atoms with Crippen molar-refractivity contribution in [2.45, 2.75) is 32.9 Å². The number of hydrogen-bond donors (Lipinski definition) is 2. The Morgan fingerprint density at radius 1 is 1.17 bits per heavy atom. The summed E-state index contributed by atoms with van der Waals surface area (Å²) in [6.45, 7) is 7.18. The van der Waals surface area contributed by atoms with Crippen molar-refractivity contribution in [2.24, 2.45) is 10.9 Å². The molecule has 0 heterocycles. The molecule has 0 saturated carbocycles. The second kappa shape index (κ2) is 10.8. The molecule has 132 valence electrons. The van der Waals surface area contributed by atoms with Gasteiger partial charge in [-0.3, -0.25) is 4.99 Å². The van der Waals surface area contributed by atoms with Crippen LogP contribution in [0.5, 0.6) is 0 Å². The van der Waals surface area contributed by atoms with Gasteiger partial charge in [-0.2, -0.15) is 0 Å². The average Bonchev–Trinajstić information content (AvgIpc) is 2.47. The molecule has 0 saturated heterocycles. The van der Waals surface area contributed by atoms with Crippen LogP contribution in [0.2, 0.25) is 0 Å². The highest BCUT2D eigenvalue weighted by molar-refractivity contribution is 14.0. The van der Waals surface area contributed by atoms with E-state index in [0.717, 1.165) is 11.5 Å². The predicted molar refractivity (Wildman–Crippen MR) is 107 cm³/mol. The van der Waals surface area contributed by atoms with E-state index in [2.05, 4.69) is 41.3 Å². The predicted octanol–water partition coefficient (Wildman–Crippen LogP) is 3.26. The summed E-state index contributed by atoms with van der Waals surface area (Å²) in [6.07, 6.45) is 0. The van der Waals surface area contributed by atoms with Crippen LogP contribution in [-0.2, 0) is 0 Å². The van der Waals surface area contributed by atoms with Gasteiger partial charge in [-0.1, -0.05) is 26.0 Å². The quantitative estimate of drug-likeness (QED) is 0.409. The molecular formula is C17H30FIN4. The molecular weight excluding hydrogens is 406 g/mol.